The van der Waals surface area contributed by atoms with E-state index < -0.39 is 0 Å². The van der Waals surface area contributed by atoms with Gasteiger partial charge in [-0.3, -0.25) is 4.99 Å². The summed E-state index contributed by atoms with van der Waals surface area (Å²) in [5.41, 5.74) is 1.16. The standard InChI is InChI=1S/C15H26N4S2/c1-5-16-14(19-8-9-21-15(3,4)11-19)17-7-6-13-10-20-12(2)18-13/h10H,5-9,11H2,1-4H3,(H,16,17). The Balaban J connectivity index is 1.95. The third-order valence-electron chi connectivity index (χ3n) is 3.36. The van der Waals surface area contributed by atoms with E-state index in [0.29, 0.717) is 4.75 Å². The first-order valence-corrected chi connectivity index (χ1v) is 9.45. The van der Waals surface area contributed by atoms with Gasteiger partial charge in [0.15, 0.2) is 5.96 Å². The average Bonchev–Trinajstić information content (AvgIpc) is 2.82. The van der Waals surface area contributed by atoms with Crippen molar-refractivity contribution in [2.45, 2.75) is 38.9 Å². The van der Waals surface area contributed by atoms with Crippen LogP contribution in [0.4, 0.5) is 0 Å². The Bertz CT molecular complexity index is 482. The van der Waals surface area contributed by atoms with Gasteiger partial charge in [0, 0.05) is 48.5 Å². The van der Waals surface area contributed by atoms with Gasteiger partial charge in [0.2, 0.25) is 0 Å². The highest BCUT2D eigenvalue weighted by atomic mass is 32.2. The molecule has 6 heteroatoms. The van der Waals surface area contributed by atoms with Crippen molar-refractivity contribution in [3.63, 3.8) is 0 Å². The molecule has 118 valence electrons. The normalized spacial score (nSPS) is 18.9. The van der Waals surface area contributed by atoms with Gasteiger partial charge < -0.3 is 10.2 Å². The second kappa shape index (κ2) is 7.49. The van der Waals surface area contributed by atoms with Crippen molar-refractivity contribution >= 4 is 29.1 Å². The van der Waals surface area contributed by atoms with Gasteiger partial charge in [0.1, 0.15) is 0 Å². The summed E-state index contributed by atoms with van der Waals surface area (Å²) in [5, 5.41) is 6.70. The molecule has 1 aromatic heterocycles. The number of aromatic nitrogens is 1. The summed E-state index contributed by atoms with van der Waals surface area (Å²) in [6.07, 6.45) is 0.922. The third kappa shape index (κ3) is 5.18. The molecule has 1 N–H and O–H groups in total. The zero-order valence-corrected chi connectivity index (χ0v) is 15.1. The van der Waals surface area contributed by atoms with Crippen LogP contribution in [0.15, 0.2) is 10.4 Å². The molecule has 1 fully saturated rings. The highest BCUT2D eigenvalue weighted by Gasteiger charge is 2.28. The number of guanidine groups is 1. The largest absolute Gasteiger partial charge is 0.357 e. The molecule has 1 saturated heterocycles. The fourth-order valence-corrected chi connectivity index (χ4v) is 4.18. The lowest BCUT2D eigenvalue weighted by molar-refractivity contribution is 0.376. The number of aliphatic imine (C=N–C) groups is 1. The lowest BCUT2D eigenvalue weighted by Gasteiger charge is -2.39. The molecule has 0 unspecified atom stereocenters. The quantitative estimate of drug-likeness (QED) is 0.682. The molecular formula is C15H26N4S2. The predicted molar refractivity (Wildman–Crippen MR) is 94.6 cm³/mol. The maximum absolute atomic E-state index is 4.79. The molecule has 2 rings (SSSR count). The van der Waals surface area contributed by atoms with Crippen LogP contribution in [0.5, 0.6) is 0 Å². The minimum atomic E-state index is 0.306. The molecule has 0 amide bonds. The number of nitrogens with zero attached hydrogens (tertiary/aromatic N) is 3. The van der Waals surface area contributed by atoms with Crippen LogP contribution < -0.4 is 5.32 Å². The molecule has 2 heterocycles. The molecule has 0 radical (unpaired) electrons. The third-order valence-corrected chi connectivity index (χ3v) is 5.48. The Morgan fingerprint density at radius 2 is 2.33 bits per heavy atom. The molecule has 0 spiro atoms. The van der Waals surface area contributed by atoms with Gasteiger partial charge in [-0.2, -0.15) is 11.8 Å². The number of aryl methyl sites for hydroxylation is 1. The fourth-order valence-electron chi connectivity index (χ4n) is 2.42. The smallest absolute Gasteiger partial charge is 0.193 e. The predicted octanol–water partition coefficient (Wildman–Crippen LogP) is 2.79. The Morgan fingerprint density at radius 1 is 1.52 bits per heavy atom. The van der Waals surface area contributed by atoms with Crippen molar-refractivity contribution in [1.82, 2.24) is 15.2 Å². The van der Waals surface area contributed by atoms with Crippen LogP contribution in [-0.4, -0.2) is 52.5 Å². The van der Waals surface area contributed by atoms with E-state index >= 15 is 0 Å². The van der Waals surface area contributed by atoms with Gasteiger partial charge in [-0.1, -0.05) is 0 Å². The van der Waals surface area contributed by atoms with Crippen LogP contribution in [0.1, 0.15) is 31.5 Å². The molecule has 21 heavy (non-hydrogen) atoms. The maximum Gasteiger partial charge on any atom is 0.193 e. The summed E-state index contributed by atoms with van der Waals surface area (Å²) < 4.78 is 0.306. The highest BCUT2D eigenvalue weighted by molar-refractivity contribution is 8.00. The minimum absolute atomic E-state index is 0.306. The highest BCUT2D eigenvalue weighted by Crippen LogP contribution is 2.29. The van der Waals surface area contributed by atoms with E-state index in [1.807, 2.05) is 0 Å². The van der Waals surface area contributed by atoms with Gasteiger partial charge in [0.25, 0.3) is 0 Å². The van der Waals surface area contributed by atoms with Gasteiger partial charge in [0.05, 0.1) is 10.7 Å². The number of rotatable bonds is 4. The first-order valence-electron chi connectivity index (χ1n) is 7.58. The summed E-state index contributed by atoms with van der Waals surface area (Å²) in [6, 6.07) is 0. The average molecular weight is 327 g/mol. The Kier molecular flexibility index (Phi) is 5.93. The molecule has 1 aliphatic heterocycles. The zero-order valence-electron chi connectivity index (χ0n) is 13.5. The number of hydrogen-bond donors (Lipinski definition) is 1. The summed E-state index contributed by atoms with van der Waals surface area (Å²) in [6.45, 7) is 12.7. The molecule has 0 aromatic carbocycles. The van der Waals surface area contributed by atoms with E-state index in [-0.39, 0.29) is 0 Å². The second-order valence-electron chi connectivity index (χ2n) is 5.87. The fraction of sp³-hybridized carbons (Fsp3) is 0.733. The molecule has 0 saturated carbocycles. The van der Waals surface area contributed by atoms with Crippen molar-refractivity contribution in [2.75, 3.05) is 31.9 Å². The summed E-state index contributed by atoms with van der Waals surface area (Å²) in [7, 11) is 0. The van der Waals surface area contributed by atoms with Crippen molar-refractivity contribution in [1.29, 1.82) is 0 Å². The summed E-state index contributed by atoms with van der Waals surface area (Å²) in [5.74, 6) is 2.22. The monoisotopic (exact) mass is 326 g/mol. The first kappa shape index (κ1) is 16.6. The lowest BCUT2D eigenvalue weighted by Crippen LogP contribution is -2.51. The number of hydrogen-bond acceptors (Lipinski definition) is 4. The van der Waals surface area contributed by atoms with Gasteiger partial charge >= 0.3 is 0 Å². The van der Waals surface area contributed by atoms with Crippen LogP contribution in [-0.2, 0) is 6.42 Å². The molecule has 1 aromatic rings. The van der Waals surface area contributed by atoms with E-state index in [1.54, 1.807) is 11.3 Å². The number of nitrogens with one attached hydrogen (secondary N) is 1. The summed E-state index contributed by atoms with van der Waals surface area (Å²) in [4.78, 5) is 11.7. The van der Waals surface area contributed by atoms with Gasteiger partial charge in [-0.25, -0.2) is 4.98 Å². The van der Waals surface area contributed by atoms with E-state index in [4.69, 9.17) is 4.99 Å². The van der Waals surface area contributed by atoms with E-state index in [9.17, 15) is 0 Å². The van der Waals surface area contributed by atoms with Gasteiger partial charge in [-0.05, 0) is 27.7 Å². The van der Waals surface area contributed by atoms with Crippen LogP contribution in [0.25, 0.3) is 0 Å². The zero-order chi connectivity index (χ0) is 15.3. The Labute approximate surface area is 136 Å². The molecule has 0 bridgehead atoms. The van der Waals surface area contributed by atoms with E-state index in [0.717, 1.165) is 49.3 Å². The van der Waals surface area contributed by atoms with Crippen molar-refractivity contribution in [2.24, 2.45) is 4.99 Å². The first-order chi connectivity index (χ1) is 10.00. The van der Waals surface area contributed by atoms with Crippen molar-refractivity contribution in [3.05, 3.63) is 16.1 Å². The van der Waals surface area contributed by atoms with Crippen LogP contribution in [0, 0.1) is 6.92 Å². The lowest BCUT2D eigenvalue weighted by atomic mass is 10.2. The second-order valence-corrected chi connectivity index (χ2v) is 8.74. The number of thioether (sulfide) groups is 1. The minimum Gasteiger partial charge on any atom is -0.357 e. The molecule has 4 nitrogen and oxygen atoms in total. The number of thiazole rings is 1. The van der Waals surface area contributed by atoms with Crippen LogP contribution >= 0.6 is 23.1 Å². The van der Waals surface area contributed by atoms with E-state index in [1.165, 1.54) is 5.75 Å². The summed E-state index contributed by atoms with van der Waals surface area (Å²) >= 11 is 3.76. The van der Waals surface area contributed by atoms with E-state index in [2.05, 4.69) is 60.0 Å². The molecule has 0 aliphatic carbocycles. The van der Waals surface area contributed by atoms with Crippen molar-refractivity contribution < 1.29 is 0 Å². The Morgan fingerprint density at radius 3 is 2.95 bits per heavy atom. The van der Waals surface area contributed by atoms with Crippen LogP contribution in [0.2, 0.25) is 0 Å². The molecule has 0 atom stereocenters. The molecular weight excluding hydrogens is 300 g/mol. The topological polar surface area (TPSA) is 40.5 Å². The Hall–Kier alpha value is -0.750. The van der Waals surface area contributed by atoms with Gasteiger partial charge in [-0.15, -0.1) is 11.3 Å². The van der Waals surface area contributed by atoms with Crippen molar-refractivity contribution in [3.8, 4) is 0 Å². The SMILES string of the molecule is CCNC(=NCCc1csc(C)n1)N1CCSC(C)(C)C1. The molecule has 1 aliphatic rings. The maximum atomic E-state index is 4.79. The van der Waals surface area contributed by atoms with Crippen LogP contribution in [0.3, 0.4) is 0 Å².